The smallest absolute Gasteiger partial charge is 0.151 e. The highest BCUT2D eigenvalue weighted by molar-refractivity contribution is 7.91. The molecule has 112 valence electrons. The molecule has 0 aromatic carbocycles. The third-order valence-electron chi connectivity index (χ3n) is 4.89. The average molecular weight is 287 g/mol. The Hall–Kier alpha value is -0.0900. The molecule has 4 heteroatoms. The Balaban J connectivity index is 1.80. The molecule has 1 aliphatic heterocycles. The summed E-state index contributed by atoms with van der Waals surface area (Å²) in [5, 5.41) is 3.61. The van der Waals surface area contributed by atoms with E-state index in [1.165, 1.54) is 25.7 Å². The Labute approximate surface area is 118 Å². The number of sulfone groups is 1. The third-order valence-corrected chi connectivity index (χ3v) is 6.71. The van der Waals surface area contributed by atoms with Crippen LogP contribution in [-0.2, 0) is 9.84 Å². The van der Waals surface area contributed by atoms with Gasteiger partial charge in [0.05, 0.1) is 11.5 Å². The van der Waals surface area contributed by atoms with Crippen molar-refractivity contribution in [3.63, 3.8) is 0 Å². The van der Waals surface area contributed by atoms with Gasteiger partial charge in [0.25, 0.3) is 0 Å². The first-order valence-electron chi connectivity index (χ1n) is 7.73. The fourth-order valence-corrected chi connectivity index (χ4v) is 5.26. The van der Waals surface area contributed by atoms with Gasteiger partial charge in [-0.25, -0.2) is 8.42 Å². The quantitative estimate of drug-likeness (QED) is 0.849. The highest BCUT2D eigenvalue weighted by Crippen LogP contribution is 2.37. The molecule has 0 radical (unpaired) electrons. The predicted octanol–water partition coefficient (Wildman–Crippen LogP) is 2.76. The molecule has 0 amide bonds. The molecular weight excluding hydrogens is 258 g/mol. The number of hydrogen-bond donors (Lipinski definition) is 1. The molecule has 1 aliphatic carbocycles. The van der Waals surface area contributed by atoms with Crippen molar-refractivity contribution in [1.29, 1.82) is 0 Å². The van der Waals surface area contributed by atoms with E-state index < -0.39 is 9.84 Å². The summed E-state index contributed by atoms with van der Waals surface area (Å²) in [5.41, 5.74) is 0.416. The molecule has 1 atom stereocenters. The van der Waals surface area contributed by atoms with E-state index in [1.54, 1.807) is 0 Å². The van der Waals surface area contributed by atoms with Crippen LogP contribution in [0.15, 0.2) is 0 Å². The zero-order chi connectivity index (χ0) is 14.1. The van der Waals surface area contributed by atoms with Gasteiger partial charge in [-0.05, 0) is 49.9 Å². The summed E-state index contributed by atoms with van der Waals surface area (Å²) in [6, 6.07) is 0.742. The molecule has 2 fully saturated rings. The van der Waals surface area contributed by atoms with E-state index in [9.17, 15) is 8.42 Å². The molecule has 19 heavy (non-hydrogen) atoms. The number of rotatable bonds is 2. The molecule has 0 aromatic heterocycles. The van der Waals surface area contributed by atoms with Crippen LogP contribution in [0.4, 0.5) is 0 Å². The molecule has 0 spiro atoms. The monoisotopic (exact) mass is 287 g/mol. The summed E-state index contributed by atoms with van der Waals surface area (Å²) in [7, 11) is -2.78. The van der Waals surface area contributed by atoms with Gasteiger partial charge in [0.1, 0.15) is 0 Å². The molecule has 1 N–H and O–H groups in total. The van der Waals surface area contributed by atoms with Crippen LogP contribution >= 0.6 is 0 Å². The van der Waals surface area contributed by atoms with E-state index in [-0.39, 0.29) is 6.04 Å². The molecule has 0 aromatic rings. The third kappa shape index (κ3) is 4.45. The zero-order valence-electron chi connectivity index (χ0n) is 12.6. The first-order chi connectivity index (χ1) is 8.76. The minimum absolute atomic E-state index is 0.204. The summed E-state index contributed by atoms with van der Waals surface area (Å²) in [4.78, 5) is 0. The summed E-state index contributed by atoms with van der Waals surface area (Å²) < 4.78 is 23.3. The van der Waals surface area contributed by atoms with Crippen LogP contribution in [0, 0.1) is 11.3 Å². The minimum atomic E-state index is -2.78. The van der Waals surface area contributed by atoms with E-state index in [2.05, 4.69) is 26.1 Å². The Kier molecular flexibility index (Phi) is 4.61. The van der Waals surface area contributed by atoms with Crippen LogP contribution in [-0.4, -0.2) is 32.0 Å². The lowest BCUT2D eigenvalue weighted by Crippen LogP contribution is -2.47. The van der Waals surface area contributed by atoms with Gasteiger partial charge in [0.15, 0.2) is 9.84 Å². The summed E-state index contributed by atoms with van der Waals surface area (Å²) in [6.45, 7) is 7.00. The van der Waals surface area contributed by atoms with Crippen LogP contribution in [0.3, 0.4) is 0 Å². The predicted molar refractivity (Wildman–Crippen MR) is 80.0 cm³/mol. The second-order valence-corrected chi connectivity index (χ2v) is 9.76. The second-order valence-electron chi connectivity index (χ2n) is 7.53. The fraction of sp³-hybridized carbons (Fsp3) is 1.00. The van der Waals surface area contributed by atoms with E-state index in [0.29, 0.717) is 23.0 Å². The van der Waals surface area contributed by atoms with Gasteiger partial charge in [0, 0.05) is 12.1 Å². The Morgan fingerprint density at radius 2 is 1.58 bits per heavy atom. The maximum absolute atomic E-state index is 11.6. The average Bonchev–Trinajstić information content (AvgIpc) is 2.27. The van der Waals surface area contributed by atoms with E-state index in [1.807, 2.05) is 0 Å². The fourth-order valence-electron chi connectivity index (χ4n) is 3.61. The van der Waals surface area contributed by atoms with Crippen molar-refractivity contribution in [1.82, 2.24) is 5.32 Å². The number of hydrogen-bond acceptors (Lipinski definition) is 3. The Bertz CT molecular complexity index is 389. The largest absolute Gasteiger partial charge is 0.310 e. The first kappa shape index (κ1) is 15.3. The van der Waals surface area contributed by atoms with E-state index in [0.717, 1.165) is 18.8 Å². The van der Waals surface area contributed by atoms with Crippen molar-refractivity contribution >= 4 is 9.84 Å². The minimum Gasteiger partial charge on any atom is -0.310 e. The maximum Gasteiger partial charge on any atom is 0.151 e. The summed E-state index contributed by atoms with van der Waals surface area (Å²) in [5.74, 6) is 1.56. The molecule has 3 nitrogen and oxygen atoms in total. The van der Waals surface area contributed by atoms with Gasteiger partial charge >= 0.3 is 0 Å². The molecule has 1 saturated heterocycles. The Morgan fingerprint density at radius 1 is 0.947 bits per heavy atom. The Morgan fingerprint density at radius 3 is 2.11 bits per heavy atom. The van der Waals surface area contributed by atoms with Gasteiger partial charge in [0.2, 0.25) is 0 Å². The standard InChI is InChI=1S/C15H29NO2S/c1-15(2,3)12-6-8-13(9-7-12)16-14-5-4-10-19(17,18)11-14/h12-14,16H,4-11H2,1-3H3. The number of nitrogens with one attached hydrogen (secondary N) is 1. The molecule has 1 unspecified atom stereocenters. The van der Waals surface area contributed by atoms with Crippen LogP contribution in [0.1, 0.15) is 59.3 Å². The second kappa shape index (κ2) is 5.72. The first-order valence-corrected chi connectivity index (χ1v) is 9.55. The molecule has 2 rings (SSSR count). The van der Waals surface area contributed by atoms with E-state index in [4.69, 9.17) is 0 Å². The van der Waals surface area contributed by atoms with Crippen molar-refractivity contribution in [3.8, 4) is 0 Å². The van der Waals surface area contributed by atoms with Crippen molar-refractivity contribution in [2.75, 3.05) is 11.5 Å². The molecule has 1 heterocycles. The van der Waals surface area contributed by atoms with Crippen LogP contribution in [0.5, 0.6) is 0 Å². The molecule has 0 bridgehead atoms. The summed E-state index contributed by atoms with van der Waals surface area (Å²) >= 11 is 0. The summed E-state index contributed by atoms with van der Waals surface area (Å²) in [6.07, 6.45) is 6.83. The maximum atomic E-state index is 11.6. The molecule has 2 aliphatic rings. The lowest BCUT2D eigenvalue weighted by molar-refractivity contribution is 0.156. The van der Waals surface area contributed by atoms with Gasteiger partial charge in [-0.3, -0.25) is 0 Å². The van der Waals surface area contributed by atoms with Crippen molar-refractivity contribution in [2.24, 2.45) is 11.3 Å². The van der Waals surface area contributed by atoms with Gasteiger partial charge in [-0.15, -0.1) is 0 Å². The van der Waals surface area contributed by atoms with Gasteiger partial charge in [-0.2, -0.15) is 0 Å². The lowest BCUT2D eigenvalue weighted by Gasteiger charge is -2.38. The normalized spacial score (nSPS) is 36.1. The van der Waals surface area contributed by atoms with Crippen LogP contribution in [0.2, 0.25) is 0 Å². The topological polar surface area (TPSA) is 46.2 Å². The highest BCUT2D eigenvalue weighted by atomic mass is 32.2. The van der Waals surface area contributed by atoms with Crippen molar-refractivity contribution in [2.45, 2.75) is 71.4 Å². The zero-order valence-corrected chi connectivity index (χ0v) is 13.4. The van der Waals surface area contributed by atoms with Gasteiger partial charge in [-0.1, -0.05) is 20.8 Å². The molecule has 1 saturated carbocycles. The van der Waals surface area contributed by atoms with Crippen LogP contribution < -0.4 is 5.32 Å². The van der Waals surface area contributed by atoms with Gasteiger partial charge < -0.3 is 5.32 Å². The van der Waals surface area contributed by atoms with Crippen molar-refractivity contribution < 1.29 is 8.42 Å². The van der Waals surface area contributed by atoms with E-state index >= 15 is 0 Å². The highest BCUT2D eigenvalue weighted by Gasteiger charge is 2.32. The lowest BCUT2D eigenvalue weighted by atomic mass is 9.71. The van der Waals surface area contributed by atoms with Crippen LogP contribution in [0.25, 0.3) is 0 Å². The SMILES string of the molecule is CC(C)(C)C1CCC(NC2CCCS(=O)(=O)C2)CC1. The van der Waals surface area contributed by atoms with Crippen molar-refractivity contribution in [3.05, 3.63) is 0 Å². The molecular formula is C15H29NO2S.